The Hall–Kier alpha value is -1.08. The summed E-state index contributed by atoms with van der Waals surface area (Å²) in [6.07, 6.45) is 2.36. The van der Waals surface area contributed by atoms with Gasteiger partial charge in [-0.3, -0.25) is 0 Å². The molecule has 3 rings (SSSR count). The fourth-order valence-corrected chi connectivity index (χ4v) is 3.13. The fraction of sp³-hybridized carbons (Fsp3) is 0.318. The predicted molar refractivity (Wildman–Crippen MR) is 97.7 cm³/mol. The van der Waals surface area contributed by atoms with Crippen molar-refractivity contribution in [3.8, 4) is 11.1 Å². The van der Waals surface area contributed by atoms with Gasteiger partial charge in [-0.1, -0.05) is 70.0 Å². The summed E-state index contributed by atoms with van der Waals surface area (Å²) in [6, 6.07) is 20.4. The minimum Gasteiger partial charge on any atom is -0.164 e. The third-order valence-corrected chi connectivity index (χ3v) is 4.41. The van der Waals surface area contributed by atoms with Crippen LogP contribution < -0.4 is 0 Å². The first-order chi connectivity index (χ1) is 10.5. The van der Waals surface area contributed by atoms with Gasteiger partial charge < -0.3 is 0 Å². The molecule has 118 valence electrons. The normalized spacial score (nSPS) is 11.5. The molecule has 0 fully saturated rings. The summed E-state index contributed by atoms with van der Waals surface area (Å²) in [4.78, 5) is 0. The first kappa shape index (κ1) is 18.3. The van der Waals surface area contributed by atoms with E-state index in [2.05, 4.69) is 82.3 Å². The Morgan fingerprint density at radius 3 is 2.26 bits per heavy atom. The molecule has 0 spiro atoms. The summed E-state index contributed by atoms with van der Waals surface area (Å²) in [5.74, 6) is 0. The Morgan fingerprint density at radius 2 is 1.65 bits per heavy atom. The molecule has 0 nitrogen and oxygen atoms in total. The van der Waals surface area contributed by atoms with Crippen LogP contribution in [-0.2, 0) is 37.7 Å². The molecule has 0 bridgehead atoms. The number of benzene rings is 2. The molecule has 0 amide bonds. The van der Waals surface area contributed by atoms with E-state index in [0.717, 1.165) is 6.42 Å². The maximum atomic E-state index is 2.37. The Bertz CT molecular complexity index is 770. The quantitative estimate of drug-likeness (QED) is 0.306. The monoisotopic (exact) mass is 469 g/mol. The van der Waals surface area contributed by atoms with E-state index in [1.165, 1.54) is 39.4 Å². The third kappa shape index (κ3) is 3.88. The van der Waals surface area contributed by atoms with E-state index < -0.39 is 0 Å². The standard InChI is InChI=1S/C22H25.Hf/c1-5-7-16-14-18-8-6-9-20(21(18)15-16)17-10-12-19(13-11-17)22(2,3)4;/h6,8-15H,5,7H2,1-4H3;/q-1;. The van der Waals surface area contributed by atoms with Crippen molar-refractivity contribution in [2.75, 3.05) is 0 Å². The molecule has 0 saturated carbocycles. The van der Waals surface area contributed by atoms with Crippen molar-refractivity contribution < 1.29 is 25.8 Å². The number of aryl methyl sites for hydroxylation is 1. The van der Waals surface area contributed by atoms with Gasteiger partial charge in [0.05, 0.1) is 0 Å². The van der Waals surface area contributed by atoms with E-state index in [0.29, 0.717) is 0 Å². The van der Waals surface area contributed by atoms with Gasteiger partial charge in [0.2, 0.25) is 0 Å². The van der Waals surface area contributed by atoms with Gasteiger partial charge in [0.25, 0.3) is 0 Å². The maximum absolute atomic E-state index is 2.37. The van der Waals surface area contributed by atoms with Gasteiger partial charge in [0.15, 0.2) is 0 Å². The molecule has 0 radical (unpaired) electrons. The zero-order chi connectivity index (χ0) is 15.7. The van der Waals surface area contributed by atoms with Crippen LogP contribution in [0.1, 0.15) is 45.2 Å². The molecular weight excluding hydrogens is 443 g/mol. The Balaban J connectivity index is 0.00000192. The summed E-state index contributed by atoms with van der Waals surface area (Å²) < 4.78 is 0. The van der Waals surface area contributed by atoms with E-state index in [4.69, 9.17) is 0 Å². The van der Waals surface area contributed by atoms with Crippen LogP contribution >= 0.6 is 0 Å². The van der Waals surface area contributed by atoms with Crippen LogP contribution in [0, 0.1) is 0 Å². The van der Waals surface area contributed by atoms with Crippen molar-refractivity contribution in [1.29, 1.82) is 0 Å². The predicted octanol–water partition coefficient (Wildman–Crippen LogP) is 6.47. The molecule has 0 atom stereocenters. The minimum absolute atomic E-state index is 0. The van der Waals surface area contributed by atoms with Gasteiger partial charge in [-0.05, 0) is 23.0 Å². The Labute approximate surface area is 159 Å². The molecule has 23 heavy (non-hydrogen) atoms. The topological polar surface area (TPSA) is 0 Å². The molecule has 0 saturated heterocycles. The van der Waals surface area contributed by atoms with Crippen molar-refractivity contribution in [1.82, 2.24) is 0 Å². The van der Waals surface area contributed by atoms with E-state index in [9.17, 15) is 0 Å². The average Bonchev–Trinajstić information content (AvgIpc) is 2.89. The van der Waals surface area contributed by atoms with Gasteiger partial charge in [-0.2, -0.15) is 6.07 Å². The van der Waals surface area contributed by atoms with Crippen molar-refractivity contribution >= 4 is 10.8 Å². The molecule has 0 aromatic heterocycles. The van der Waals surface area contributed by atoms with Crippen molar-refractivity contribution in [3.63, 3.8) is 0 Å². The maximum Gasteiger partial charge on any atom is 0 e. The zero-order valence-electron chi connectivity index (χ0n) is 14.6. The number of hydrogen-bond acceptors (Lipinski definition) is 0. The SMILES string of the molecule is CCCc1cc2c(-c3ccc(C(C)(C)C)cc3)cccc2[cH-]1.[Hf]. The van der Waals surface area contributed by atoms with Crippen molar-refractivity contribution in [2.24, 2.45) is 0 Å². The fourth-order valence-electron chi connectivity index (χ4n) is 3.13. The van der Waals surface area contributed by atoms with Crippen molar-refractivity contribution in [3.05, 3.63) is 65.7 Å². The molecule has 0 aliphatic carbocycles. The van der Waals surface area contributed by atoms with E-state index in [1.807, 2.05) is 0 Å². The molecule has 0 aliphatic rings. The van der Waals surface area contributed by atoms with Crippen LogP contribution in [0.5, 0.6) is 0 Å². The number of fused-ring (bicyclic) bond motifs is 1. The Morgan fingerprint density at radius 1 is 0.957 bits per heavy atom. The zero-order valence-corrected chi connectivity index (χ0v) is 18.2. The summed E-state index contributed by atoms with van der Waals surface area (Å²) in [7, 11) is 0. The number of hydrogen-bond donors (Lipinski definition) is 0. The van der Waals surface area contributed by atoms with Gasteiger partial charge >= 0.3 is 0 Å². The third-order valence-electron chi connectivity index (χ3n) is 4.41. The van der Waals surface area contributed by atoms with E-state index in [1.54, 1.807) is 0 Å². The van der Waals surface area contributed by atoms with E-state index in [-0.39, 0.29) is 31.3 Å². The largest absolute Gasteiger partial charge is 0.164 e. The van der Waals surface area contributed by atoms with E-state index >= 15 is 0 Å². The van der Waals surface area contributed by atoms with Crippen LogP contribution in [0.4, 0.5) is 0 Å². The second-order valence-electron chi connectivity index (χ2n) is 7.25. The smallest absolute Gasteiger partial charge is 0 e. The van der Waals surface area contributed by atoms with Crippen LogP contribution in [0.2, 0.25) is 0 Å². The van der Waals surface area contributed by atoms with Gasteiger partial charge in [0, 0.05) is 25.8 Å². The minimum atomic E-state index is 0. The first-order valence-corrected chi connectivity index (χ1v) is 8.28. The van der Waals surface area contributed by atoms with Crippen LogP contribution in [0.15, 0.2) is 54.6 Å². The summed E-state index contributed by atoms with van der Waals surface area (Å²) >= 11 is 0. The number of rotatable bonds is 3. The molecule has 3 aromatic rings. The molecule has 0 N–H and O–H groups in total. The van der Waals surface area contributed by atoms with Gasteiger partial charge in [-0.25, -0.2) is 0 Å². The van der Waals surface area contributed by atoms with Crippen LogP contribution in [-0.4, -0.2) is 0 Å². The van der Waals surface area contributed by atoms with Gasteiger partial charge in [0.1, 0.15) is 0 Å². The molecule has 0 heterocycles. The van der Waals surface area contributed by atoms with Crippen LogP contribution in [0.25, 0.3) is 21.9 Å². The molecule has 0 unspecified atom stereocenters. The summed E-state index contributed by atoms with van der Waals surface area (Å²) in [5, 5.41) is 2.75. The van der Waals surface area contributed by atoms with Crippen molar-refractivity contribution in [2.45, 2.75) is 46.0 Å². The Kier molecular flexibility index (Phi) is 5.73. The first-order valence-electron chi connectivity index (χ1n) is 8.28. The summed E-state index contributed by atoms with van der Waals surface area (Å²) in [5.41, 5.74) is 5.71. The molecule has 0 aliphatic heterocycles. The molecular formula is C22H25Hf-. The molecule has 1 heteroatoms. The van der Waals surface area contributed by atoms with Crippen LogP contribution in [0.3, 0.4) is 0 Å². The molecule has 3 aromatic carbocycles. The summed E-state index contributed by atoms with van der Waals surface area (Å²) in [6.45, 7) is 9.02. The van der Waals surface area contributed by atoms with Gasteiger partial charge in [-0.15, -0.1) is 34.5 Å². The average molecular weight is 468 g/mol. The second-order valence-corrected chi connectivity index (χ2v) is 7.25. The second kappa shape index (κ2) is 7.21.